The molecule has 3 rings (SSSR count). The second-order valence-electron chi connectivity index (χ2n) is 5.81. The molecule has 0 aromatic heterocycles. The molecule has 0 radical (unpaired) electrons. The van der Waals surface area contributed by atoms with Crippen LogP contribution >= 0.6 is 0 Å². The number of nitrogens with two attached hydrogens (primary N) is 1. The fourth-order valence-corrected chi connectivity index (χ4v) is 4.16. The average Bonchev–Trinajstić information content (AvgIpc) is 3.27. The van der Waals surface area contributed by atoms with Crippen LogP contribution in [-0.4, -0.2) is 19.4 Å². The molecule has 7 nitrogen and oxygen atoms in total. The SMILES string of the molecule is Nc1ccc(S(=O)(=O)NC(C2CC2)C2CC2)c([N+](=O)[O-])c1. The summed E-state index contributed by atoms with van der Waals surface area (Å²) in [6.07, 6.45) is 4.09. The van der Waals surface area contributed by atoms with Crippen molar-refractivity contribution in [3.63, 3.8) is 0 Å². The molecule has 0 saturated heterocycles. The lowest BCUT2D eigenvalue weighted by molar-refractivity contribution is -0.387. The van der Waals surface area contributed by atoms with Crippen LogP contribution in [0, 0.1) is 22.0 Å². The van der Waals surface area contributed by atoms with E-state index < -0.39 is 20.6 Å². The van der Waals surface area contributed by atoms with E-state index >= 15 is 0 Å². The largest absolute Gasteiger partial charge is 0.399 e. The molecule has 114 valence electrons. The number of nitro groups is 1. The van der Waals surface area contributed by atoms with E-state index in [-0.39, 0.29) is 16.6 Å². The van der Waals surface area contributed by atoms with Crippen LogP contribution in [0.25, 0.3) is 0 Å². The summed E-state index contributed by atoms with van der Waals surface area (Å²) >= 11 is 0. The summed E-state index contributed by atoms with van der Waals surface area (Å²) < 4.78 is 27.6. The zero-order valence-corrected chi connectivity index (χ0v) is 12.2. The van der Waals surface area contributed by atoms with Crippen molar-refractivity contribution in [2.45, 2.75) is 36.6 Å². The van der Waals surface area contributed by atoms with Crippen LogP contribution in [0.1, 0.15) is 25.7 Å². The number of benzene rings is 1. The maximum absolute atomic E-state index is 12.5. The van der Waals surface area contributed by atoms with E-state index in [1.54, 1.807) is 0 Å². The summed E-state index contributed by atoms with van der Waals surface area (Å²) in [4.78, 5) is 10.0. The standard InChI is InChI=1S/C13H17N3O4S/c14-10-5-6-12(11(7-10)16(17)18)21(19,20)15-13(8-1-2-8)9-3-4-9/h5-9,13,15H,1-4,14H2. The second kappa shape index (κ2) is 4.96. The van der Waals surface area contributed by atoms with Gasteiger partial charge in [0.15, 0.2) is 4.90 Å². The Morgan fingerprint density at radius 2 is 1.81 bits per heavy atom. The molecule has 0 amide bonds. The Morgan fingerprint density at radius 3 is 2.29 bits per heavy atom. The van der Waals surface area contributed by atoms with Gasteiger partial charge in [0, 0.05) is 17.8 Å². The van der Waals surface area contributed by atoms with E-state index in [1.165, 1.54) is 12.1 Å². The topological polar surface area (TPSA) is 115 Å². The zero-order chi connectivity index (χ0) is 15.2. The van der Waals surface area contributed by atoms with Gasteiger partial charge in [-0.1, -0.05) is 0 Å². The Kier molecular flexibility index (Phi) is 3.37. The first-order valence-electron chi connectivity index (χ1n) is 6.95. The van der Waals surface area contributed by atoms with E-state index in [1.807, 2.05) is 0 Å². The molecule has 0 aliphatic heterocycles. The smallest absolute Gasteiger partial charge is 0.291 e. The number of rotatable bonds is 6. The third kappa shape index (κ3) is 3.01. The number of nitrogen functional groups attached to an aromatic ring is 1. The summed E-state index contributed by atoms with van der Waals surface area (Å²) in [5.74, 6) is 0.750. The van der Waals surface area contributed by atoms with E-state index in [4.69, 9.17) is 5.73 Å². The molecule has 0 unspecified atom stereocenters. The minimum absolute atomic E-state index is 0.0906. The van der Waals surface area contributed by atoms with Gasteiger partial charge in [-0.2, -0.15) is 0 Å². The van der Waals surface area contributed by atoms with E-state index in [2.05, 4.69) is 4.72 Å². The molecule has 0 bridgehead atoms. The van der Waals surface area contributed by atoms with Gasteiger partial charge in [-0.05, 0) is 49.7 Å². The Balaban J connectivity index is 1.92. The van der Waals surface area contributed by atoms with Crippen LogP contribution < -0.4 is 10.5 Å². The second-order valence-corrected chi connectivity index (χ2v) is 7.49. The maximum Gasteiger partial charge on any atom is 0.291 e. The van der Waals surface area contributed by atoms with Gasteiger partial charge in [0.2, 0.25) is 10.0 Å². The van der Waals surface area contributed by atoms with Gasteiger partial charge >= 0.3 is 0 Å². The molecule has 0 spiro atoms. The normalized spacial score (nSPS) is 18.9. The highest BCUT2D eigenvalue weighted by Gasteiger charge is 2.44. The molecule has 2 aliphatic rings. The van der Waals surface area contributed by atoms with Crippen molar-refractivity contribution in [2.75, 3.05) is 5.73 Å². The monoisotopic (exact) mass is 311 g/mol. The van der Waals surface area contributed by atoms with E-state index in [0.29, 0.717) is 11.8 Å². The van der Waals surface area contributed by atoms with Crippen molar-refractivity contribution >= 4 is 21.4 Å². The number of hydrogen-bond donors (Lipinski definition) is 2. The van der Waals surface area contributed by atoms with Gasteiger partial charge < -0.3 is 5.73 Å². The Morgan fingerprint density at radius 1 is 1.24 bits per heavy atom. The molecule has 8 heteroatoms. The quantitative estimate of drug-likeness (QED) is 0.471. The summed E-state index contributed by atoms with van der Waals surface area (Å²) in [6.45, 7) is 0. The molecule has 2 fully saturated rings. The van der Waals surface area contributed by atoms with Gasteiger partial charge in [-0.3, -0.25) is 10.1 Å². The highest BCUT2D eigenvalue weighted by atomic mass is 32.2. The summed E-state index contributed by atoms with van der Waals surface area (Å²) in [6, 6.07) is 3.56. The van der Waals surface area contributed by atoms with Crippen LogP contribution in [0.4, 0.5) is 11.4 Å². The number of nitro benzene ring substituents is 1. The molecular formula is C13H17N3O4S. The Labute approximate surface area is 122 Å². The molecule has 3 N–H and O–H groups in total. The molecule has 2 aliphatic carbocycles. The summed E-state index contributed by atoms with van der Waals surface area (Å²) in [5, 5.41) is 11.1. The van der Waals surface area contributed by atoms with Crippen LogP contribution in [0.3, 0.4) is 0 Å². The number of nitrogens with zero attached hydrogens (tertiary/aromatic N) is 1. The summed E-state index contributed by atoms with van der Waals surface area (Å²) in [5.41, 5.74) is 5.20. The van der Waals surface area contributed by atoms with Gasteiger partial charge in [0.1, 0.15) is 0 Å². The molecule has 0 atom stereocenters. The minimum Gasteiger partial charge on any atom is -0.399 e. The fourth-order valence-electron chi connectivity index (χ4n) is 2.63. The number of sulfonamides is 1. The zero-order valence-electron chi connectivity index (χ0n) is 11.4. The van der Waals surface area contributed by atoms with Crippen molar-refractivity contribution < 1.29 is 13.3 Å². The maximum atomic E-state index is 12.5. The van der Waals surface area contributed by atoms with Crippen molar-refractivity contribution in [1.82, 2.24) is 4.72 Å². The first kappa shape index (κ1) is 14.3. The number of nitrogens with one attached hydrogen (secondary N) is 1. The van der Waals surface area contributed by atoms with Crippen LogP contribution in [0.5, 0.6) is 0 Å². The third-order valence-electron chi connectivity index (χ3n) is 4.02. The predicted molar refractivity (Wildman–Crippen MR) is 77.1 cm³/mol. The molecule has 1 aromatic carbocycles. The predicted octanol–water partition coefficient (Wildman–Crippen LogP) is 1.64. The van der Waals surface area contributed by atoms with Crippen LogP contribution in [0.2, 0.25) is 0 Å². The Bertz CT molecular complexity index is 669. The lowest BCUT2D eigenvalue weighted by Gasteiger charge is -2.17. The van der Waals surface area contributed by atoms with Crippen molar-refractivity contribution in [2.24, 2.45) is 11.8 Å². The van der Waals surface area contributed by atoms with Crippen molar-refractivity contribution in [3.05, 3.63) is 28.3 Å². The van der Waals surface area contributed by atoms with Gasteiger partial charge in [0.25, 0.3) is 5.69 Å². The van der Waals surface area contributed by atoms with E-state index in [0.717, 1.165) is 31.7 Å². The molecule has 21 heavy (non-hydrogen) atoms. The molecular weight excluding hydrogens is 294 g/mol. The Hall–Kier alpha value is -1.67. The first-order chi connectivity index (χ1) is 9.88. The number of hydrogen-bond acceptors (Lipinski definition) is 5. The van der Waals surface area contributed by atoms with Crippen molar-refractivity contribution in [1.29, 1.82) is 0 Å². The third-order valence-corrected chi connectivity index (χ3v) is 5.53. The summed E-state index contributed by atoms with van der Waals surface area (Å²) in [7, 11) is -3.91. The first-order valence-corrected chi connectivity index (χ1v) is 8.43. The molecule has 1 aromatic rings. The fraction of sp³-hybridized carbons (Fsp3) is 0.538. The number of anilines is 1. The van der Waals surface area contributed by atoms with Crippen LogP contribution in [-0.2, 0) is 10.0 Å². The van der Waals surface area contributed by atoms with Gasteiger partial charge in [-0.15, -0.1) is 0 Å². The lowest BCUT2D eigenvalue weighted by atomic mass is 10.1. The van der Waals surface area contributed by atoms with Crippen LogP contribution in [0.15, 0.2) is 23.1 Å². The highest BCUT2D eigenvalue weighted by molar-refractivity contribution is 7.89. The van der Waals surface area contributed by atoms with E-state index in [9.17, 15) is 18.5 Å². The van der Waals surface area contributed by atoms with Gasteiger partial charge in [0.05, 0.1) is 4.92 Å². The van der Waals surface area contributed by atoms with Crippen molar-refractivity contribution in [3.8, 4) is 0 Å². The lowest BCUT2D eigenvalue weighted by Crippen LogP contribution is -2.38. The molecule has 2 saturated carbocycles. The molecule has 0 heterocycles. The highest BCUT2D eigenvalue weighted by Crippen LogP contribution is 2.45. The minimum atomic E-state index is -3.91. The van der Waals surface area contributed by atoms with Gasteiger partial charge in [-0.25, -0.2) is 13.1 Å². The average molecular weight is 311 g/mol.